The first kappa shape index (κ1) is 20.5. The van der Waals surface area contributed by atoms with Gasteiger partial charge in [0.25, 0.3) is 0 Å². The summed E-state index contributed by atoms with van der Waals surface area (Å²) in [5.41, 5.74) is 3.15. The quantitative estimate of drug-likeness (QED) is 0.722. The molecule has 154 valence electrons. The van der Waals surface area contributed by atoms with E-state index in [-0.39, 0.29) is 11.3 Å². The van der Waals surface area contributed by atoms with Crippen LogP contribution in [0.3, 0.4) is 0 Å². The molecule has 28 heavy (non-hydrogen) atoms. The Morgan fingerprint density at radius 1 is 1.25 bits per heavy atom. The van der Waals surface area contributed by atoms with Crippen LogP contribution in [0.1, 0.15) is 54.3 Å². The van der Waals surface area contributed by atoms with Gasteiger partial charge in [0.05, 0.1) is 5.69 Å². The molecule has 3 heterocycles. The van der Waals surface area contributed by atoms with Crippen LogP contribution in [0.15, 0.2) is 4.52 Å². The number of hydrogen-bond donors (Lipinski definition) is 0. The number of rotatable bonds is 7. The zero-order valence-corrected chi connectivity index (χ0v) is 17.6. The minimum Gasteiger partial charge on any atom is -0.385 e. The second-order valence-electron chi connectivity index (χ2n) is 7.81. The van der Waals surface area contributed by atoms with Gasteiger partial charge in [0.15, 0.2) is 5.82 Å². The van der Waals surface area contributed by atoms with E-state index in [1.54, 1.807) is 7.11 Å². The zero-order chi connectivity index (χ0) is 20.3. The Balaban J connectivity index is 1.61. The molecule has 2 aromatic rings. The van der Waals surface area contributed by atoms with E-state index in [1.165, 1.54) is 5.56 Å². The standard InChI is InChI=1S/C20H31N5O3/c1-14-17(15(2)24(4)22-14)6-7-18(26)25-11-8-20(9-12-25,10-13-27-5)19-21-16(3)28-23-19/h6-13H2,1-5H3. The molecule has 8 heteroatoms. The summed E-state index contributed by atoms with van der Waals surface area (Å²) in [6.07, 6.45) is 3.73. The molecule has 0 spiro atoms. The number of aryl methyl sites for hydroxylation is 3. The Labute approximate surface area is 166 Å². The van der Waals surface area contributed by atoms with E-state index >= 15 is 0 Å². The van der Waals surface area contributed by atoms with E-state index in [4.69, 9.17) is 9.26 Å². The Morgan fingerprint density at radius 3 is 2.50 bits per heavy atom. The second-order valence-corrected chi connectivity index (χ2v) is 7.81. The third-order valence-electron chi connectivity index (χ3n) is 6.11. The molecule has 0 radical (unpaired) electrons. The largest absolute Gasteiger partial charge is 0.385 e. The minimum atomic E-state index is -0.179. The number of methoxy groups -OCH3 is 1. The fraction of sp³-hybridized carbons (Fsp3) is 0.700. The molecular weight excluding hydrogens is 358 g/mol. The van der Waals surface area contributed by atoms with Gasteiger partial charge < -0.3 is 14.2 Å². The smallest absolute Gasteiger partial charge is 0.223 e. The van der Waals surface area contributed by atoms with Crippen molar-refractivity contribution in [2.75, 3.05) is 26.8 Å². The van der Waals surface area contributed by atoms with Crippen molar-refractivity contribution in [1.82, 2.24) is 24.8 Å². The van der Waals surface area contributed by atoms with E-state index in [0.717, 1.165) is 42.9 Å². The summed E-state index contributed by atoms with van der Waals surface area (Å²) in [6, 6.07) is 0. The van der Waals surface area contributed by atoms with Crippen LogP contribution in [-0.2, 0) is 28.4 Å². The van der Waals surface area contributed by atoms with Crippen LogP contribution in [0.4, 0.5) is 0 Å². The lowest BCUT2D eigenvalue weighted by Crippen LogP contribution is -2.46. The minimum absolute atomic E-state index is 0.179. The Morgan fingerprint density at radius 2 is 1.96 bits per heavy atom. The highest BCUT2D eigenvalue weighted by atomic mass is 16.5. The van der Waals surface area contributed by atoms with Crippen molar-refractivity contribution in [3.63, 3.8) is 0 Å². The van der Waals surface area contributed by atoms with Gasteiger partial charge in [-0.1, -0.05) is 5.16 Å². The average molecular weight is 390 g/mol. The summed E-state index contributed by atoms with van der Waals surface area (Å²) in [4.78, 5) is 19.2. The molecule has 8 nitrogen and oxygen atoms in total. The van der Waals surface area contributed by atoms with E-state index in [2.05, 4.69) is 22.2 Å². The molecule has 1 aliphatic heterocycles. The van der Waals surface area contributed by atoms with Crippen molar-refractivity contribution in [2.45, 2.75) is 58.3 Å². The maximum Gasteiger partial charge on any atom is 0.223 e. The molecule has 0 atom stereocenters. The van der Waals surface area contributed by atoms with Crippen LogP contribution in [0.25, 0.3) is 0 Å². The molecule has 0 aliphatic carbocycles. The molecule has 0 unspecified atom stereocenters. The van der Waals surface area contributed by atoms with E-state index in [0.29, 0.717) is 32.0 Å². The third kappa shape index (κ3) is 4.11. The van der Waals surface area contributed by atoms with Gasteiger partial charge in [0.2, 0.25) is 11.8 Å². The summed E-state index contributed by atoms with van der Waals surface area (Å²) >= 11 is 0. The van der Waals surface area contributed by atoms with Crippen LogP contribution in [0.2, 0.25) is 0 Å². The molecule has 0 saturated carbocycles. The topological polar surface area (TPSA) is 86.3 Å². The first-order valence-electron chi connectivity index (χ1n) is 9.93. The van der Waals surface area contributed by atoms with Gasteiger partial charge in [-0.2, -0.15) is 10.1 Å². The number of piperidine rings is 1. The predicted octanol–water partition coefficient (Wildman–Crippen LogP) is 2.26. The summed E-state index contributed by atoms with van der Waals surface area (Å²) in [5, 5.41) is 8.62. The number of nitrogens with zero attached hydrogens (tertiary/aromatic N) is 5. The lowest BCUT2D eigenvalue weighted by molar-refractivity contribution is -0.133. The molecule has 2 aromatic heterocycles. The molecule has 0 N–H and O–H groups in total. The number of carbonyl (C=O) groups excluding carboxylic acids is 1. The van der Waals surface area contributed by atoms with E-state index in [9.17, 15) is 4.79 Å². The summed E-state index contributed by atoms with van der Waals surface area (Å²) in [6.45, 7) is 7.92. The number of aromatic nitrogens is 4. The van der Waals surface area contributed by atoms with Gasteiger partial charge in [-0.25, -0.2) is 0 Å². The monoisotopic (exact) mass is 389 g/mol. The highest BCUT2D eigenvalue weighted by molar-refractivity contribution is 5.76. The summed E-state index contributed by atoms with van der Waals surface area (Å²) in [5.74, 6) is 1.52. The van der Waals surface area contributed by atoms with Crippen LogP contribution in [0.5, 0.6) is 0 Å². The maximum atomic E-state index is 12.8. The van der Waals surface area contributed by atoms with Crippen molar-refractivity contribution in [1.29, 1.82) is 0 Å². The van der Waals surface area contributed by atoms with Gasteiger partial charge in [0.1, 0.15) is 0 Å². The van der Waals surface area contributed by atoms with Crippen molar-refractivity contribution < 1.29 is 14.1 Å². The van der Waals surface area contributed by atoms with Crippen molar-refractivity contribution in [3.8, 4) is 0 Å². The molecule has 0 aromatic carbocycles. The maximum absolute atomic E-state index is 12.8. The highest BCUT2D eigenvalue weighted by Gasteiger charge is 2.40. The van der Waals surface area contributed by atoms with Crippen LogP contribution >= 0.6 is 0 Å². The number of hydrogen-bond acceptors (Lipinski definition) is 6. The molecule has 1 saturated heterocycles. The molecule has 3 rings (SSSR count). The number of ether oxygens (including phenoxy) is 1. The number of carbonyl (C=O) groups is 1. The van der Waals surface area contributed by atoms with Gasteiger partial charge >= 0.3 is 0 Å². The van der Waals surface area contributed by atoms with Gasteiger partial charge in [0, 0.05) is 58.3 Å². The van der Waals surface area contributed by atoms with Crippen molar-refractivity contribution in [2.24, 2.45) is 7.05 Å². The first-order chi connectivity index (χ1) is 13.4. The second kappa shape index (κ2) is 8.43. The Kier molecular flexibility index (Phi) is 6.17. The average Bonchev–Trinajstić information content (AvgIpc) is 3.22. The van der Waals surface area contributed by atoms with Crippen LogP contribution in [0, 0.1) is 20.8 Å². The first-order valence-corrected chi connectivity index (χ1v) is 9.93. The lowest BCUT2D eigenvalue weighted by atomic mass is 9.75. The van der Waals surface area contributed by atoms with E-state index in [1.807, 2.05) is 30.5 Å². The zero-order valence-electron chi connectivity index (χ0n) is 17.6. The number of likely N-dealkylation sites (tertiary alicyclic amines) is 1. The molecule has 1 fully saturated rings. The summed E-state index contributed by atoms with van der Waals surface area (Å²) < 4.78 is 12.4. The predicted molar refractivity (Wildman–Crippen MR) is 104 cm³/mol. The van der Waals surface area contributed by atoms with Crippen molar-refractivity contribution >= 4 is 5.91 Å². The van der Waals surface area contributed by atoms with Gasteiger partial charge in [-0.05, 0) is 45.1 Å². The third-order valence-corrected chi connectivity index (χ3v) is 6.11. The van der Waals surface area contributed by atoms with Gasteiger partial charge in [-0.3, -0.25) is 9.48 Å². The Bertz CT molecular complexity index is 818. The van der Waals surface area contributed by atoms with Crippen molar-refractivity contribution in [3.05, 3.63) is 28.7 Å². The molecular formula is C20H31N5O3. The number of amides is 1. The molecule has 1 aliphatic rings. The Hall–Kier alpha value is -2.22. The molecule has 0 bridgehead atoms. The summed E-state index contributed by atoms with van der Waals surface area (Å²) in [7, 11) is 3.65. The molecule has 1 amide bonds. The van der Waals surface area contributed by atoms with Gasteiger partial charge in [-0.15, -0.1) is 0 Å². The van der Waals surface area contributed by atoms with Crippen LogP contribution < -0.4 is 0 Å². The fourth-order valence-electron chi connectivity index (χ4n) is 4.15. The van der Waals surface area contributed by atoms with E-state index < -0.39 is 0 Å². The fourth-order valence-corrected chi connectivity index (χ4v) is 4.15. The van der Waals surface area contributed by atoms with Crippen LogP contribution in [-0.4, -0.2) is 57.5 Å². The highest BCUT2D eigenvalue weighted by Crippen LogP contribution is 2.37. The normalized spacial score (nSPS) is 16.5. The lowest BCUT2D eigenvalue weighted by Gasteiger charge is -2.40. The SMILES string of the molecule is COCCC1(c2noc(C)n2)CCN(C(=O)CCc2c(C)nn(C)c2C)CC1.